The van der Waals surface area contributed by atoms with Crippen molar-refractivity contribution in [3.05, 3.63) is 54.1 Å². The number of rotatable bonds is 6. The van der Waals surface area contributed by atoms with Crippen LogP contribution in [0.4, 0.5) is 11.4 Å². The van der Waals surface area contributed by atoms with Crippen LogP contribution in [0, 0.1) is 0 Å². The summed E-state index contributed by atoms with van der Waals surface area (Å²) in [5.74, 6) is 0.345. The van der Waals surface area contributed by atoms with Crippen molar-refractivity contribution in [1.29, 1.82) is 0 Å². The maximum Gasteiger partial charge on any atom is 0.265 e. The molecule has 0 radical (unpaired) electrons. The van der Waals surface area contributed by atoms with Crippen LogP contribution in [-0.4, -0.2) is 30.2 Å². The van der Waals surface area contributed by atoms with E-state index >= 15 is 0 Å². The first-order chi connectivity index (χ1) is 12.9. The summed E-state index contributed by atoms with van der Waals surface area (Å²) in [6, 6.07) is 13.9. The predicted molar refractivity (Wildman–Crippen MR) is 103 cm³/mol. The minimum atomic E-state index is -0.701. The number of amides is 2. The Bertz CT molecular complexity index is 843. The normalized spacial score (nSPS) is 14.7. The van der Waals surface area contributed by atoms with Crippen molar-refractivity contribution in [2.75, 3.05) is 16.8 Å². The Balaban J connectivity index is 1.57. The number of benzene rings is 2. The van der Waals surface area contributed by atoms with Crippen molar-refractivity contribution >= 4 is 29.0 Å². The van der Waals surface area contributed by atoms with Gasteiger partial charge in [0.15, 0.2) is 11.9 Å². The van der Waals surface area contributed by atoms with Crippen molar-refractivity contribution in [2.24, 2.45) is 0 Å². The lowest BCUT2D eigenvalue weighted by Crippen LogP contribution is -2.30. The van der Waals surface area contributed by atoms with Gasteiger partial charge in [-0.05, 0) is 68.8 Å². The highest BCUT2D eigenvalue weighted by Gasteiger charge is 2.21. The number of ether oxygens (including phenoxy) is 1. The van der Waals surface area contributed by atoms with Crippen LogP contribution in [0.1, 0.15) is 37.0 Å². The molecule has 0 unspecified atom stereocenters. The van der Waals surface area contributed by atoms with E-state index in [4.69, 9.17) is 4.74 Å². The van der Waals surface area contributed by atoms with Gasteiger partial charge in [-0.15, -0.1) is 0 Å². The number of Topliss-reactive ketones (excluding diaryl/α,β-unsaturated/α-hetero) is 1. The molecule has 1 fully saturated rings. The first-order valence-electron chi connectivity index (χ1n) is 8.93. The molecular weight excluding hydrogens is 344 g/mol. The molecule has 1 aliphatic rings. The monoisotopic (exact) mass is 366 g/mol. The quantitative estimate of drug-likeness (QED) is 0.795. The lowest BCUT2D eigenvalue weighted by atomic mass is 10.1. The fourth-order valence-corrected chi connectivity index (χ4v) is 2.92. The number of carbonyl (C=O) groups excluding carboxylic acids is 3. The Morgan fingerprint density at radius 2 is 1.74 bits per heavy atom. The van der Waals surface area contributed by atoms with Crippen molar-refractivity contribution in [3.8, 4) is 5.75 Å². The molecule has 0 aromatic heterocycles. The van der Waals surface area contributed by atoms with Gasteiger partial charge in [0, 0.05) is 29.9 Å². The number of anilines is 2. The Morgan fingerprint density at radius 3 is 2.30 bits per heavy atom. The molecule has 6 nitrogen and oxygen atoms in total. The molecule has 27 heavy (non-hydrogen) atoms. The fraction of sp³-hybridized carbons (Fsp3) is 0.286. The van der Waals surface area contributed by atoms with Gasteiger partial charge in [-0.25, -0.2) is 0 Å². The lowest BCUT2D eigenvalue weighted by Gasteiger charge is -2.17. The Morgan fingerprint density at radius 1 is 1.07 bits per heavy atom. The molecule has 2 amide bonds. The van der Waals surface area contributed by atoms with Crippen LogP contribution in [0.5, 0.6) is 5.75 Å². The second-order valence-corrected chi connectivity index (χ2v) is 6.53. The van der Waals surface area contributed by atoms with E-state index in [9.17, 15) is 14.4 Å². The second-order valence-electron chi connectivity index (χ2n) is 6.53. The molecule has 1 saturated heterocycles. The molecule has 3 rings (SSSR count). The van der Waals surface area contributed by atoms with Gasteiger partial charge in [0.2, 0.25) is 5.91 Å². The summed E-state index contributed by atoms with van der Waals surface area (Å²) in [5.41, 5.74) is 2.07. The third kappa shape index (κ3) is 4.53. The standard InChI is InChI=1S/C21H22N2O4/c1-14(24)16-5-11-19(12-6-16)27-15(2)21(26)22-17-7-9-18(10-8-17)23-13-3-4-20(23)25/h5-12,15H,3-4,13H2,1-2H3,(H,22,26)/t15-/m0/s1. The fourth-order valence-electron chi connectivity index (χ4n) is 2.92. The smallest absolute Gasteiger partial charge is 0.265 e. The molecular formula is C21H22N2O4. The first-order valence-corrected chi connectivity index (χ1v) is 8.93. The largest absolute Gasteiger partial charge is 0.481 e. The van der Waals surface area contributed by atoms with Crippen LogP contribution < -0.4 is 15.0 Å². The second kappa shape index (κ2) is 8.03. The van der Waals surface area contributed by atoms with Crippen molar-refractivity contribution in [3.63, 3.8) is 0 Å². The van der Waals surface area contributed by atoms with E-state index < -0.39 is 6.10 Å². The van der Waals surface area contributed by atoms with E-state index in [1.165, 1.54) is 6.92 Å². The summed E-state index contributed by atoms with van der Waals surface area (Å²) < 4.78 is 5.63. The summed E-state index contributed by atoms with van der Waals surface area (Å²) in [5, 5.41) is 2.80. The summed E-state index contributed by atoms with van der Waals surface area (Å²) in [6.07, 6.45) is 0.758. The summed E-state index contributed by atoms with van der Waals surface area (Å²) in [6.45, 7) is 3.89. The number of carbonyl (C=O) groups is 3. The molecule has 0 saturated carbocycles. The zero-order valence-corrected chi connectivity index (χ0v) is 15.4. The molecule has 1 aliphatic heterocycles. The van der Waals surface area contributed by atoms with E-state index in [2.05, 4.69) is 5.32 Å². The highest BCUT2D eigenvalue weighted by atomic mass is 16.5. The van der Waals surface area contributed by atoms with E-state index in [1.54, 1.807) is 48.2 Å². The highest BCUT2D eigenvalue weighted by molar-refractivity contribution is 5.97. The molecule has 0 bridgehead atoms. The molecule has 0 aliphatic carbocycles. The molecule has 0 spiro atoms. The third-order valence-corrected chi connectivity index (χ3v) is 4.46. The van der Waals surface area contributed by atoms with Crippen LogP contribution >= 0.6 is 0 Å². The zero-order chi connectivity index (χ0) is 19.4. The van der Waals surface area contributed by atoms with Crippen LogP contribution in [-0.2, 0) is 9.59 Å². The van der Waals surface area contributed by atoms with Crippen LogP contribution in [0.2, 0.25) is 0 Å². The minimum absolute atomic E-state index is 0.0218. The minimum Gasteiger partial charge on any atom is -0.481 e. The van der Waals surface area contributed by atoms with Crippen molar-refractivity contribution < 1.29 is 19.1 Å². The average Bonchev–Trinajstić information content (AvgIpc) is 3.08. The first kappa shape index (κ1) is 18.6. The van der Waals surface area contributed by atoms with E-state index in [0.29, 0.717) is 23.4 Å². The van der Waals surface area contributed by atoms with Gasteiger partial charge in [-0.2, -0.15) is 0 Å². The molecule has 2 aromatic rings. The highest BCUT2D eigenvalue weighted by Crippen LogP contribution is 2.23. The summed E-state index contributed by atoms with van der Waals surface area (Å²) >= 11 is 0. The molecule has 6 heteroatoms. The summed E-state index contributed by atoms with van der Waals surface area (Å²) in [7, 11) is 0. The number of hydrogen-bond donors (Lipinski definition) is 1. The number of nitrogens with one attached hydrogen (secondary N) is 1. The van der Waals surface area contributed by atoms with E-state index in [0.717, 1.165) is 18.7 Å². The number of nitrogens with zero attached hydrogens (tertiary/aromatic N) is 1. The van der Waals surface area contributed by atoms with Crippen molar-refractivity contribution in [2.45, 2.75) is 32.8 Å². The van der Waals surface area contributed by atoms with Crippen LogP contribution in [0.25, 0.3) is 0 Å². The molecule has 1 atom stereocenters. The van der Waals surface area contributed by atoms with Gasteiger partial charge in [-0.3, -0.25) is 14.4 Å². The number of ketones is 1. The van der Waals surface area contributed by atoms with Gasteiger partial charge in [0.25, 0.3) is 5.91 Å². The van der Waals surface area contributed by atoms with E-state index in [1.807, 2.05) is 12.1 Å². The summed E-state index contributed by atoms with van der Waals surface area (Å²) in [4.78, 5) is 37.2. The average molecular weight is 366 g/mol. The van der Waals surface area contributed by atoms with Crippen LogP contribution in [0.15, 0.2) is 48.5 Å². The van der Waals surface area contributed by atoms with Gasteiger partial charge in [0.05, 0.1) is 0 Å². The van der Waals surface area contributed by atoms with Gasteiger partial charge < -0.3 is 15.0 Å². The maximum atomic E-state index is 12.3. The maximum absolute atomic E-state index is 12.3. The Hall–Kier alpha value is -3.15. The topological polar surface area (TPSA) is 75.7 Å². The van der Waals surface area contributed by atoms with Gasteiger partial charge >= 0.3 is 0 Å². The van der Waals surface area contributed by atoms with Crippen LogP contribution in [0.3, 0.4) is 0 Å². The Kier molecular flexibility index (Phi) is 5.54. The SMILES string of the molecule is CC(=O)c1ccc(O[C@@H](C)C(=O)Nc2ccc(N3CCCC3=O)cc2)cc1. The van der Waals surface area contributed by atoms with Gasteiger partial charge in [0.1, 0.15) is 5.75 Å². The van der Waals surface area contributed by atoms with Crippen molar-refractivity contribution in [1.82, 2.24) is 0 Å². The molecule has 1 heterocycles. The molecule has 140 valence electrons. The lowest BCUT2D eigenvalue weighted by molar-refractivity contribution is -0.122. The van der Waals surface area contributed by atoms with E-state index in [-0.39, 0.29) is 17.6 Å². The van der Waals surface area contributed by atoms with Gasteiger partial charge in [-0.1, -0.05) is 0 Å². The zero-order valence-electron chi connectivity index (χ0n) is 15.4. The Labute approximate surface area is 158 Å². The molecule has 2 aromatic carbocycles. The molecule has 1 N–H and O–H groups in total. The predicted octanol–water partition coefficient (Wildman–Crippen LogP) is 3.42. The third-order valence-electron chi connectivity index (χ3n) is 4.46. The number of hydrogen-bond acceptors (Lipinski definition) is 4.